The van der Waals surface area contributed by atoms with E-state index in [0.29, 0.717) is 30.6 Å². The summed E-state index contributed by atoms with van der Waals surface area (Å²) < 4.78 is 18.7. The van der Waals surface area contributed by atoms with Crippen LogP contribution >= 0.6 is 0 Å². The zero-order chi connectivity index (χ0) is 21.8. The van der Waals surface area contributed by atoms with E-state index in [2.05, 4.69) is 39.7 Å². The molecule has 1 aliphatic rings. The minimum absolute atomic E-state index is 0.130. The second-order valence-corrected chi connectivity index (χ2v) is 7.97. The van der Waals surface area contributed by atoms with Gasteiger partial charge in [0, 0.05) is 45.8 Å². The maximum Gasteiger partial charge on any atom is 0.224 e. The number of rotatable bonds is 10. The first kappa shape index (κ1) is 24.1. The van der Waals surface area contributed by atoms with Crippen molar-refractivity contribution in [1.82, 2.24) is 20.9 Å². The van der Waals surface area contributed by atoms with E-state index in [1.165, 1.54) is 12.1 Å². The van der Waals surface area contributed by atoms with Crippen LogP contribution in [-0.2, 0) is 16.0 Å². The summed E-state index contributed by atoms with van der Waals surface area (Å²) in [7, 11) is 1.74. The third kappa shape index (κ3) is 9.09. The highest BCUT2D eigenvalue weighted by Crippen LogP contribution is 2.13. The topological polar surface area (TPSA) is 78.0 Å². The van der Waals surface area contributed by atoms with Crippen molar-refractivity contribution in [2.24, 2.45) is 10.9 Å². The SMILES string of the molecule is CN=C(NCCNC(=O)Cc1cccc(F)c1)NCC(CC(C)C)N1CCOCC1. The number of carbonyl (C=O) groups excluding carboxylic acids is 1. The largest absolute Gasteiger partial charge is 0.379 e. The van der Waals surface area contributed by atoms with E-state index < -0.39 is 0 Å². The molecular weight excluding hydrogens is 385 g/mol. The number of nitrogens with one attached hydrogen (secondary N) is 3. The molecular formula is C22H36FN5O2. The Morgan fingerprint density at radius 2 is 1.93 bits per heavy atom. The molecule has 1 fully saturated rings. The molecule has 1 heterocycles. The van der Waals surface area contributed by atoms with Crippen molar-refractivity contribution in [1.29, 1.82) is 0 Å². The van der Waals surface area contributed by atoms with Gasteiger partial charge in [-0.1, -0.05) is 26.0 Å². The summed E-state index contributed by atoms with van der Waals surface area (Å²) in [6.07, 6.45) is 1.28. The Balaban J connectivity index is 1.69. The minimum atomic E-state index is -0.329. The third-order valence-corrected chi connectivity index (χ3v) is 5.03. The predicted octanol–water partition coefficient (Wildman–Crippen LogP) is 1.40. The Labute approximate surface area is 179 Å². The zero-order valence-electron chi connectivity index (χ0n) is 18.4. The standard InChI is InChI=1S/C22H36FN5O2/c1-17(2)13-20(28-9-11-30-12-10-28)16-27-22(24-3)26-8-7-25-21(29)15-18-5-4-6-19(23)14-18/h4-6,14,17,20H,7-13,15-16H2,1-3H3,(H,25,29)(H2,24,26,27). The second kappa shape index (κ2) is 13.2. The van der Waals surface area contributed by atoms with E-state index in [-0.39, 0.29) is 18.1 Å². The van der Waals surface area contributed by atoms with Crippen molar-refractivity contribution in [3.63, 3.8) is 0 Å². The molecule has 0 bridgehead atoms. The molecule has 0 spiro atoms. The zero-order valence-corrected chi connectivity index (χ0v) is 18.4. The molecule has 0 aromatic heterocycles. The van der Waals surface area contributed by atoms with Gasteiger partial charge < -0.3 is 20.7 Å². The Kier molecular flexibility index (Phi) is 10.6. The van der Waals surface area contributed by atoms with Crippen molar-refractivity contribution >= 4 is 11.9 Å². The molecule has 1 atom stereocenters. The lowest BCUT2D eigenvalue weighted by Crippen LogP contribution is -2.51. The van der Waals surface area contributed by atoms with Gasteiger partial charge in [0.15, 0.2) is 5.96 Å². The molecule has 1 saturated heterocycles. The third-order valence-electron chi connectivity index (χ3n) is 5.03. The molecule has 1 aliphatic heterocycles. The van der Waals surface area contributed by atoms with Gasteiger partial charge in [-0.2, -0.15) is 0 Å². The van der Waals surface area contributed by atoms with Crippen LogP contribution in [0.5, 0.6) is 0 Å². The van der Waals surface area contributed by atoms with E-state index in [1.54, 1.807) is 19.2 Å². The first-order valence-corrected chi connectivity index (χ1v) is 10.8. The van der Waals surface area contributed by atoms with Crippen LogP contribution in [0.3, 0.4) is 0 Å². The van der Waals surface area contributed by atoms with Crippen LogP contribution in [0.1, 0.15) is 25.8 Å². The monoisotopic (exact) mass is 421 g/mol. The highest BCUT2D eigenvalue weighted by molar-refractivity contribution is 5.80. The summed E-state index contributed by atoms with van der Waals surface area (Å²) in [6, 6.07) is 6.53. The lowest BCUT2D eigenvalue weighted by atomic mass is 10.0. The average Bonchev–Trinajstić information content (AvgIpc) is 2.72. The lowest BCUT2D eigenvalue weighted by molar-refractivity contribution is -0.120. The lowest BCUT2D eigenvalue weighted by Gasteiger charge is -2.35. The maximum absolute atomic E-state index is 13.2. The van der Waals surface area contributed by atoms with Gasteiger partial charge in [-0.3, -0.25) is 14.7 Å². The maximum atomic E-state index is 13.2. The van der Waals surface area contributed by atoms with Crippen LogP contribution in [0, 0.1) is 11.7 Å². The molecule has 0 radical (unpaired) electrons. The van der Waals surface area contributed by atoms with E-state index in [0.717, 1.165) is 45.2 Å². The van der Waals surface area contributed by atoms with Crippen molar-refractivity contribution in [3.05, 3.63) is 35.6 Å². The molecule has 1 unspecified atom stereocenters. The number of benzene rings is 1. The Morgan fingerprint density at radius 3 is 2.60 bits per heavy atom. The molecule has 3 N–H and O–H groups in total. The Bertz CT molecular complexity index is 677. The van der Waals surface area contributed by atoms with Crippen molar-refractivity contribution in [2.45, 2.75) is 32.7 Å². The first-order valence-electron chi connectivity index (χ1n) is 10.8. The quantitative estimate of drug-likeness (QED) is 0.302. The molecule has 1 amide bonds. The fraction of sp³-hybridized carbons (Fsp3) is 0.636. The van der Waals surface area contributed by atoms with Crippen LogP contribution in [-0.4, -0.2) is 75.8 Å². The summed E-state index contributed by atoms with van der Waals surface area (Å²) in [5.41, 5.74) is 0.664. The number of hydrogen-bond acceptors (Lipinski definition) is 4. The van der Waals surface area contributed by atoms with Gasteiger partial charge in [-0.05, 0) is 30.0 Å². The summed E-state index contributed by atoms with van der Waals surface area (Å²) >= 11 is 0. The normalized spacial score (nSPS) is 16.4. The van der Waals surface area contributed by atoms with Gasteiger partial charge in [0.1, 0.15) is 5.82 Å². The highest BCUT2D eigenvalue weighted by Gasteiger charge is 2.22. The average molecular weight is 422 g/mol. The van der Waals surface area contributed by atoms with Gasteiger partial charge >= 0.3 is 0 Å². The van der Waals surface area contributed by atoms with Crippen LogP contribution in [0.2, 0.25) is 0 Å². The van der Waals surface area contributed by atoms with E-state index in [1.807, 2.05) is 0 Å². The minimum Gasteiger partial charge on any atom is -0.379 e. The fourth-order valence-electron chi connectivity index (χ4n) is 3.56. The fourth-order valence-corrected chi connectivity index (χ4v) is 3.56. The van der Waals surface area contributed by atoms with Crippen LogP contribution in [0.4, 0.5) is 4.39 Å². The van der Waals surface area contributed by atoms with E-state index in [4.69, 9.17) is 4.74 Å². The summed E-state index contributed by atoms with van der Waals surface area (Å²) in [5, 5.41) is 9.48. The summed E-state index contributed by atoms with van der Waals surface area (Å²) in [6.45, 7) is 9.82. The van der Waals surface area contributed by atoms with Crippen molar-refractivity contribution in [3.8, 4) is 0 Å². The number of ether oxygens (including phenoxy) is 1. The molecule has 7 nitrogen and oxygen atoms in total. The highest BCUT2D eigenvalue weighted by atomic mass is 19.1. The number of nitrogens with zero attached hydrogens (tertiary/aromatic N) is 2. The van der Waals surface area contributed by atoms with Crippen LogP contribution in [0.15, 0.2) is 29.3 Å². The molecule has 8 heteroatoms. The predicted molar refractivity (Wildman–Crippen MR) is 118 cm³/mol. The molecule has 30 heavy (non-hydrogen) atoms. The Morgan fingerprint density at radius 1 is 1.20 bits per heavy atom. The first-order chi connectivity index (χ1) is 14.5. The number of morpholine rings is 1. The molecule has 2 rings (SSSR count). The molecule has 0 saturated carbocycles. The molecule has 1 aromatic rings. The number of carbonyl (C=O) groups is 1. The Hall–Kier alpha value is -2.19. The second-order valence-electron chi connectivity index (χ2n) is 7.97. The number of amides is 1. The number of aliphatic imine (C=N–C) groups is 1. The number of halogens is 1. The smallest absolute Gasteiger partial charge is 0.224 e. The van der Waals surface area contributed by atoms with Crippen molar-refractivity contribution in [2.75, 3.05) is 53.0 Å². The van der Waals surface area contributed by atoms with Crippen LogP contribution in [0.25, 0.3) is 0 Å². The summed E-state index contributed by atoms with van der Waals surface area (Å²) in [5.74, 6) is 0.874. The van der Waals surface area contributed by atoms with E-state index in [9.17, 15) is 9.18 Å². The summed E-state index contributed by atoms with van der Waals surface area (Å²) in [4.78, 5) is 18.8. The molecule has 168 valence electrons. The molecule has 1 aromatic carbocycles. The van der Waals surface area contributed by atoms with Gasteiger partial charge in [0.05, 0.1) is 19.6 Å². The van der Waals surface area contributed by atoms with Crippen molar-refractivity contribution < 1.29 is 13.9 Å². The van der Waals surface area contributed by atoms with Gasteiger partial charge in [0.25, 0.3) is 0 Å². The van der Waals surface area contributed by atoms with E-state index >= 15 is 0 Å². The number of guanidine groups is 1. The number of hydrogen-bond donors (Lipinski definition) is 3. The van der Waals surface area contributed by atoms with Gasteiger partial charge in [-0.15, -0.1) is 0 Å². The van der Waals surface area contributed by atoms with Crippen LogP contribution < -0.4 is 16.0 Å². The van der Waals surface area contributed by atoms with Gasteiger partial charge in [-0.25, -0.2) is 4.39 Å². The van der Waals surface area contributed by atoms with Gasteiger partial charge in [0.2, 0.25) is 5.91 Å². The molecule has 0 aliphatic carbocycles.